The Labute approximate surface area is 172 Å². The lowest BCUT2D eigenvalue weighted by Crippen LogP contribution is -2.33. The maximum Gasteiger partial charge on any atom is 0.243 e. The van der Waals surface area contributed by atoms with Crippen LogP contribution < -0.4 is 10.2 Å². The van der Waals surface area contributed by atoms with Crippen LogP contribution in [0.1, 0.15) is 16.4 Å². The van der Waals surface area contributed by atoms with E-state index in [4.69, 9.17) is 12.2 Å². The predicted octanol–water partition coefficient (Wildman–Crippen LogP) is 4.56. The molecule has 2 aromatic carbocycles. The van der Waals surface area contributed by atoms with E-state index < -0.39 is 5.92 Å². The summed E-state index contributed by atoms with van der Waals surface area (Å²) in [6, 6.07) is 19.9. The molecule has 2 unspecified atom stereocenters. The molecule has 0 saturated heterocycles. The number of para-hydroxylation sites is 1. The number of fused-ring (bicyclic) bond motifs is 1. The minimum absolute atomic E-state index is 0.297. The summed E-state index contributed by atoms with van der Waals surface area (Å²) in [5, 5.41) is 12.6. The molecular weight excluding hydrogens is 388 g/mol. The number of aromatic nitrogens is 1. The molecule has 0 saturated carbocycles. The summed E-state index contributed by atoms with van der Waals surface area (Å²) in [6.45, 7) is 0. The van der Waals surface area contributed by atoms with Gasteiger partial charge in [0.25, 0.3) is 0 Å². The highest BCUT2D eigenvalue weighted by Crippen LogP contribution is 2.45. The molecule has 1 N–H and O–H groups in total. The van der Waals surface area contributed by atoms with Gasteiger partial charge in [-0.15, -0.1) is 11.3 Å². The van der Waals surface area contributed by atoms with Gasteiger partial charge in [0, 0.05) is 31.4 Å². The van der Waals surface area contributed by atoms with Crippen LogP contribution in [0.3, 0.4) is 0 Å². The maximum absolute atomic E-state index is 12.8. The number of nitrogens with one attached hydrogen (secondary N) is 1. The van der Waals surface area contributed by atoms with Gasteiger partial charge < -0.3 is 10.2 Å². The van der Waals surface area contributed by atoms with E-state index in [1.807, 2.05) is 78.2 Å². The normalized spacial score (nSPS) is 18.1. The summed E-state index contributed by atoms with van der Waals surface area (Å²) in [5.74, 6) is -0.773. The van der Waals surface area contributed by atoms with Crippen molar-refractivity contribution in [1.29, 1.82) is 5.26 Å². The van der Waals surface area contributed by atoms with Gasteiger partial charge in [0.1, 0.15) is 11.7 Å². The van der Waals surface area contributed by atoms with Crippen LogP contribution in [0.5, 0.6) is 0 Å². The average Bonchev–Trinajstić information content (AvgIpc) is 3.02. The van der Waals surface area contributed by atoms with Crippen molar-refractivity contribution in [2.24, 2.45) is 5.92 Å². The third-order valence-electron chi connectivity index (χ3n) is 4.90. The summed E-state index contributed by atoms with van der Waals surface area (Å²) in [5.41, 5.74) is 2.89. The molecule has 2 heterocycles. The summed E-state index contributed by atoms with van der Waals surface area (Å²) in [7, 11) is 3.95. The first-order valence-corrected chi connectivity index (χ1v) is 10.0. The largest absolute Gasteiger partial charge is 0.378 e. The number of benzene rings is 2. The first kappa shape index (κ1) is 18.4. The second-order valence-electron chi connectivity index (χ2n) is 6.81. The van der Waals surface area contributed by atoms with E-state index in [0.29, 0.717) is 9.77 Å². The molecule has 4 rings (SSSR count). The molecule has 1 aliphatic heterocycles. The van der Waals surface area contributed by atoms with Crippen LogP contribution in [-0.2, 0) is 4.79 Å². The molecule has 3 aromatic rings. The molecule has 2 atom stereocenters. The highest BCUT2D eigenvalue weighted by atomic mass is 32.1. The Morgan fingerprint density at radius 2 is 1.82 bits per heavy atom. The number of hydrogen-bond acceptors (Lipinski definition) is 5. The van der Waals surface area contributed by atoms with Crippen LogP contribution in [0.2, 0.25) is 0 Å². The van der Waals surface area contributed by atoms with Crippen LogP contribution >= 0.6 is 23.6 Å². The van der Waals surface area contributed by atoms with Gasteiger partial charge in [-0.05, 0) is 42.0 Å². The van der Waals surface area contributed by atoms with Gasteiger partial charge >= 0.3 is 0 Å². The summed E-state index contributed by atoms with van der Waals surface area (Å²) < 4.78 is 2.52. The van der Waals surface area contributed by atoms with E-state index in [1.165, 1.54) is 11.3 Å². The van der Waals surface area contributed by atoms with Gasteiger partial charge in [0.2, 0.25) is 5.91 Å². The summed E-state index contributed by atoms with van der Waals surface area (Å²) in [6.07, 6.45) is 0. The lowest BCUT2D eigenvalue weighted by Gasteiger charge is -2.28. The molecule has 140 valence electrons. The molecule has 28 heavy (non-hydrogen) atoms. The molecule has 0 radical (unpaired) electrons. The Kier molecular flexibility index (Phi) is 4.75. The second kappa shape index (κ2) is 7.23. The molecule has 0 spiro atoms. The lowest BCUT2D eigenvalue weighted by molar-refractivity contribution is -0.119. The molecule has 0 fully saturated rings. The van der Waals surface area contributed by atoms with Crippen LogP contribution in [-0.4, -0.2) is 24.6 Å². The van der Waals surface area contributed by atoms with E-state index in [1.54, 1.807) is 0 Å². The number of thiazole rings is 1. The number of nitrogens with zero attached hydrogens (tertiary/aromatic N) is 3. The third-order valence-corrected chi connectivity index (χ3v) is 6.36. The Bertz CT molecular complexity index is 1120. The van der Waals surface area contributed by atoms with Crippen LogP contribution in [0, 0.1) is 21.2 Å². The van der Waals surface area contributed by atoms with Crippen molar-refractivity contribution in [2.75, 3.05) is 24.3 Å². The Hall–Kier alpha value is -2.95. The summed E-state index contributed by atoms with van der Waals surface area (Å²) >= 11 is 7.06. The topological polar surface area (TPSA) is 61.1 Å². The first-order chi connectivity index (χ1) is 13.5. The van der Waals surface area contributed by atoms with Gasteiger partial charge in [-0.2, -0.15) is 5.26 Å². The molecule has 1 aliphatic rings. The lowest BCUT2D eigenvalue weighted by atomic mass is 9.82. The van der Waals surface area contributed by atoms with Crippen molar-refractivity contribution in [1.82, 2.24) is 4.57 Å². The quantitative estimate of drug-likeness (QED) is 0.648. The van der Waals surface area contributed by atoms with Crippen molar-refractivity contribution < 1.29 is 4.79 Å². The van der Waals surface area contributed by atoms with E-state index in [-0.39, 0.29) is 11.8 Å². The van der Waals surface area contributed by atoms with Crippen LogP contribution in [0.15, 0.2) is 54.6 Å². The van der Waals surface area contributed by atoms with Crippen molar-refractivity contribution >= 4 is 41.0 Å². The average molecular weight is 407 g/mol. The van der Waals surface area contributed by atoms with Gasteiger partial charge in [0.15, 0.2) is 3.95 Å². The molecule has 0 aliphatic carbocycles. The Balaban J connectivity index is 1.89. The number of carbonyl (C=O) groups is 1. The van der Waals surface area contributed by atoms with Crippen LogP contribution in [0.4, 0.5) is 11.5 Å². The fourth-order valence-corrected chi connectivity index (χ4v) is 5.06. The third kappa shape index (κ3) is 3.01. The van der Waals surface area contributed by atoms with E-state index in [0.717, 1.165) is 21.8 Å². The van der Waals surface area contributed by atoms with Crippen LogP contribution in [0.25, 0.3) is 5.69 Å². The zero-order chi connectivity index (χ0) is 19.8. The monoisotopic (exact) mass is 406 g/mol. The standard InChI is InChI=1S/C21H18N4OS2/c1-24(2)14-10-8-13(9-11-14)17-16(12-22)20(26)23-19-18(17)28-21(27)25(19)15-6-4-3-5-7-15/h3-11,16-17H,1-2H3,(H,23,26). The minimum Gasteiger partial charge on any atom is -0.378 e. The minimum atomic E-state index is -0.796. The second-order valence-corrected chi connectivity index (χ2v) is 8.49. The number of carbonyl (C=O) groups excluding carboxylic acids is 1. The van der Waals surface area contributed by atoms with Gasteiger partial charge in [-0.1, -0.05) is 30.3 Å². The summed E-state index contributed by atoms with van der Waals surface area (Å²) in [4.78, 5) is 15.7. The molecule has 1 aromatic heterocycles. The fourth-order valence-electron chi connectivity index (χ4n) is 3.48. The fraction of sp³-hybridized carbons (Fsp3) is 0.190. The van der Waals surface area contributed by atoms with Gasteiger partial charge in [-0.25, -0.2) is 0 Å². The van der Waals surface area contributed by atoms with Crippen molar-refractivity contribution in [3.63, 3.8) is 0 Å². The maximum atomic E-state index is 12.8. The number of rotatable bonds is 3. The van der Waals surface area contributed by atoms with Crippen molar-refractivity contribution in [3.8, 4) is 11.8 Å². The van der Waals surface area contributed by atoms with Gasteiger partial charge in [0.05, 0.1) is 10.9 Å². The number of hydrogen-bond donors (Lipinski definition) is 1. The zero-order valence-electron chi connectivity index (χ0n) is 15.4. The van der Waals surface area contributed by atoms with Crippen molar-refractivity contribution in [2.45, 2.75) is 5.92 Å². The predicted molar refractivity (Wildman–Crippen MR) is 115 cm³/mol. The number of amides is 1. The van der Waals surface area contributed by atoms with E-state index in [2.05, 4.69) is 11.4 Å². The molecule has 5 nitrogen and oxygen atoms in total. The van der Waals surface area contributed by atoms with Gasteiger partial charge in [-0.3, -0.25) is 9.36 Å². The highest BCUT2D eigenvalue weighted by Gasteiger charge is 2.40. The Morgan fingerprint density at radius 3 is 2.43 bits per heavy atom. The highest BCUT2D eigenvalue weighted by molar-refractivity contribution is 7.73. The number of nitriles is 1. The van der Waals surface area contributed by atoms with Crippen molar-refractivity contribution in [3.05, 3.63) is 69.0 Å². The molecule has 1 amide bonds. The molecular formula is C21H18N4OS2. The van der Waals surface area contributed by atoms with E-state index in [9.17, 15) is 10.1 Å². The Morgan fingerprint density at radius 1 is 1.14 bits per heavy atom. The number of anilines is 2. The first-order valence-electron chi connectivity index (χ1n) is 8.80. The molecule has 0 bridgehead atoms. The smallest absolute Gasteiger partial charge is 0.243 e. The SMILES string of the molecule is CN(C)c1ccc(C2c3sc(=S)n(-c4ccccc4)c3NC(=O)C2C#N)cc1. The zero-order valence-corrected chi connectivity index (χ0v) is 17.1. The van der Waals surface area contributed by atoms with E-state index >= 15 is 0 Å². The molecule has 7 heteroatoms.